The third kappa shape index (κ3) is 2.74. The fraction of sp³-hybridized carbons (Fsp3) is 0.333. The number of hydrogen-bond donors (Lipinski definition) is 0. The minimum absolute atomic E-state index is 0.360. The molecule has 112 valence electrons. The molecule has 0 N–H and O–H groups in total. The van der Waals surface area contributed by atoms with Crippen LogP contribution in [0.4, 0.5) is 5.82 Å². The summed E-state index contributed by atoms with van der Waals surface area (Å²) >= 11 is 3.46. The number of aromatic nitrogens is 1. The first-order valence-corrected chi connectivity index (χ1v) is 8.28. The van der Waals surface area contributed by atoms with E-state index in [-0.39, 0.29) is 5.41 Å². The van der Waals surface area contributed by atoms with E-state index < -0.39 is 0 Å². The van der Waals surface area contributed by atoms with Crippen molar-refractivity contribution in [1.29, 1.82) is 5.26 Å². The third-order valence-electron chi connectivity index (χ3n) is 4.47. The standard InChI is InChI=1S/C18H18BrN3/c1-14-11-16(19)12-21-17(14)22-9-7-18(13-20,8-10-22)15-5-3-2-4-6-15/h2-6,11-12H,7-10H2,1H3. The van der Waals surface area contributed by atoms with E-state index in [1.165, 1.54) is 5.56 Å². The molecule has 1 saturated heterocycles. The average molecular weight is 356 g/mol. The van der Waals surface area contributed by atoms with Gasteiger partial charge < -0.3 is 4.90 Å². The molecule has 1 fully saturated rings. The second-order valence-electron chi connectivity index (χ2n) is 5.84. The van der Waals surface area contributed by atoms with E-state index in [9.17, 15) is 5.26 Å². The fourth-order valence-electron chi connectivity index (χ4n) is 3.19. The van der Waals surface area contributed by atoms with Crippen LogP contribution in [-0.2, 0) is 5.41 Å². The van der Waals surface area contributed by atoms with Crippen LogP contribution < -0.4 is 4.90 Å². The topological polar surface area (TPSA) is 39.9 Å². The van der Waals surface area contributed by atoms with Crippen LogP contribution in [0.2, 0.25) is 0 Å². The van der Waals surface area contributed by atoms with Gasteiger partial charge in [0.05, 0.1) is 11.5 Å². The number of pyridine rings is 1. The maximum absolute atomic E-state index is 9.75. The van der Waals surface area contributed by atoms with Crippen LogP contribution >= 0.6 is 15.9 Å². The second-order valence-corrected chi connectivity index (χ2v) is 6.76. The first-order chi connectivity index (χ1) is 10.6. The Kier molecular flexibility index (Phi) is 4.17. The van der Waals surface area contributed by atoms with Crippen LogP contribution in [0.25, 0.3) is 0 Å². The summed E-state index contributed by atoms with van der Waals surface area (Å²) in [5, 5.41) is 9.75. The van der Waals surface area contributed by atoms with Crippen LogP contribution in [0.3, 0.4) is 0 Å². The first-order valence-electron chi connectivity index (χ1n) is 7.48. The smallest absolute Gasteiger partial charge is 0.131 e. The lowest BCUT2D eigenvalue weighted by molar-refractivity contribution is 0.414. The molecule has 0 amide bonds. The second kappa shape index (κ2) is 6.10. The average Bonchev–Trinajstić information content (AvgIpc) is 2.56. The Hall–Kier alpha value is -1.86. The number of piperidine rings is 1. The Morgan fingerprint density at radius 3 is 2.50 bits per heavy atom. The van der Waals surface area contributed by atoms with Gasteiger partial charge in [0.25, 0.3) is 0 Å². The molecule has 1 aromatic heterocycles. The molecule has 1 aromatic carbocycles. The van der Waals surface area contributed by atoms with E-state index >= 15 is 0 Å². The van der Waals surface area contributed by atoms with Crippen molar-refractivity contribution in [3.8, 4) is 6.07 Å². The summed E-state index contributed by atoms with van der Waals surface area (Å²) in [4.78, 5) is 6.84. The largest absolute Gasteiger partial charge is 0.356 e. The summed E-state index contributed by atoms with van der Waals surface area (Å²) < 4.78 is 1.00. The summed E-state index contributed by atoms with van der Waals surface area (Å²) in [5.41, 5.74) is 1.94. The molecule has 3 nitrogen and oxygen atoms in total. The molecule has 0 unspecified atom stereocenters. The summed E-state index contributed by atoms with van der Waals surface area (Å²) in [6.07, 6.45) is 3.51. The van der Waals surface area contributed by atoms with Crippen molar-refractivity contribution in [1.82, 2.24) is 4.98 Å². The van der Waals surface area contributed by atoms with Gasteiger partial charge in [-0.2, -0.15) is 5.26 Å². The zero-order valence-corrected chi connectivity index (χ0v) is 14.2. The maximum atomic E-state index is 9.75. The van der Waals surface area contributed by atoms with Gasteiger partial charge in [0.1, 0.15) is 5.82 Å². The van der Waals surface area contributed by atoms with E-state index in [1.807, 2.05) is 24.4 Å². The molecule has 4 heteroatoms. The number of rotatable bonds is 2. The van der Waals surface area contributed by atoms with Crippen molar-refractivity contribution in [3.05, 3.63) is 58.2 Å². The van der Waals surface area contributed by atoms with Gasteiger partial charge in [-0.3, -0.25) is 0 Å². The first kappa shape index (κ1) is 15.1. The van der Waals surface area contributed by atoms with Crippen LogP contribution in [0.5, 0.6) is 0 Å². The molecule has 1 aliphatic rings. The van der Waals surface area contributed by atoms with Crippen molar-refractivity contribution >= 4 is 21.7 Å². The Balaban J connectivity index is 1.81. The van der Waals surface area contributed by atoms with Gasteiger partial charge in [0.2, 0.25) is 0 Å². The number of benzene rings is 1. The van der Waals surface area contributed by atoms with Crippen molar-refractivity contribution < 1.29 is 0 Å². The number of anilines is 1. The Bertz CT molecular complexity index is 698. The van der Waals surface area contributed by atoms with Crippen molar-refractivity contribution in [3.63, 3.8) is 0 Å². The molecule has 0 bridgehead atoms. The van der Waals surface area contributed by atoms with Crippen molar-refractivity contribution in [2.45, 2.75) is 25.2 Å². The molecule has 0 saturated carbocycles. The predicted octanol–water partition coefficient (Wildman–Crippen LogP) is 4.21. The van der Waals surface area contributed by atoms with Crippen LogP contribution in [-0.4, -0.2) is 18.1 Å². The number of nitriles is 1. The summed E-state index contributed by atoms with van der Waals surface area (Å²) in [6.45, 7) is 3.80. The van der Waals surface area contributed by atoms with Gasteiger partial charge in [-0.05, 0) is 52.9 Å². The van der Waals surface area contributed by atoms with E-state index in [0.29, 0.717) is 0 Å². The molecule has 1 aliphatic heterocycles. The predicted molar refractivity (Wildman–Crippen MR) is 91.9 cm³/mol. The fourth-order valence-corrected chi connectivity index (χ4v) is 3.63. The molecule has 22 heavy (non-hydrogen) atoms. The summed E-state index contributed by atoms with van der Waals surface area (Å²) in [7, 11) is 0. The third-order valence-corrected chi connectivity index (χ3v) is 4.91. The molecule has 0 aliphatic carbocycles. The van der Waals surface area contributed by atoms with Crippen molar-refractivity contribution in [2.24, 2.45) is 0 Å². The van der Waals surface area contributed by atoms with Gasteiger partial charge in [-0.1, -0.05) is 30.3 Å². The van der Waals surface area contributed by atoms with E-state index in [1.54, 1.807) is 0 Å². The quantitative estimate of drug-likeness (QED) is 0.809. The monoisotopic (exact) mass is 355 g/mol. The van der Waals surface area contributed by atoms with Gasteiger partial charge >= 0.3 is 0 Å². The normalized spacial score (nSPS) is 17.0. The van der Waals surface area contributed by atoms with Gasteiger partial charge in [-0.15, -0.1) is 0 Å². The lowest BCUT2D eigenvalue weighted by Crippen LogP contribution is -2.42. The Morgan fingerprint density at radius 2 is 1.91 bits per heavy atom. The lowest BCUT2D eigenvalue weighted by atomic mass is 9.74. The van der Waals surface area contributed by atoms with E-state index in [0.717, 1.165) is 41.8 Å². The lowest BCUT2D eigenvalue weighted by Gasteiger charge is -2.38. The molecule has 2 aromatic rings. The molecular weight excluding hydrogens is 338 g/mol. The summed E-state index contributed by atoms with van der Waals surface area (Å²) in [5.74, 6) is 1.03. The van der Waals surface area contributed by atoms with Gasteiger partial charge in [0, 0.05) is 23.8 Å². The molecular formula is C18H18BrN3. The van der Waals surface area contributed by atoms with E-state index in [2.05, 4.69) is 57.0 Å². The van der Waals surface area contributed by atoms with Crippen LogP contribution in [0, 0.1) is 18.3 Å². The molecule has 3 rings (SSSR count). The van der Waals surface area contributed by atoms with Crippen LogP contribution in [0.1, 0.15) is 24.0 Å². The zero-order chi connectivity index (χ0) is 15.6. The SMILES string of the molecule is Cc1cc(Br)cnc1N1CCC(C#N)(c2ccccc2)CC1. The van der Waals surface area contributed by atoms with Gasteiger partial charge in [0.15, 0.2) is 0 Å². The highest BCUT2D eigenvalue weighted by Crippen LogP contribution is 2.36. The molecule has 2 heterocycles. The Labute approximate surface area is 139 Å². The zero-order valence-electron chi connectivity index (χ0n) is 12.6. The summed E-state index contributed by atoms with van der Waals surface area (Å²) in [6, 6.07) is 14.8. The number of nitrogens with zero attached hydrogens (tertiary/aromatic N) is 3. The minimum atomic E-state index is -0.360. The van der Waals surface area contributed by atoms with Crippen molar-refractivity contribution in [2.75, 3.05) is 18.0 Å². The minimum Gasteiger partial charge on any atom is -0.356 e. The molecule has 0 atom stereocenters. The highest BCUT2D eigenvalue weighted by molar-refractivity contribution is 9.10. The number of hydrogen-bond acceptors (Lipinski definition) is 3. The van der Waals surface area contributed by atoms with Crippen LogP contribution in [0.15, 0.2) is 47.1 Å². The number of aryl methyl sites for hydroxylation is 1. The highest BCUT2D eigenvalue weighted by Gasteiger charge is 2.36. The maximum Gasteiger partial charge on any atom is 0.131 e. The number of halogens is 1. The highest BCUT2D eigenvalue weighted by atomic mass is 79.9. The van der Waals surface area contributed by atoms with E-state index in [4.69, 9.17) is 0 Å². The van der Waals surface area contributed by atoms with Gasteiger partial charge in [-0.25, -0.2) is 4.98 Å². The Morgan fingerprint density at radius 1 is 1.23 bits per heavy atom. The molecule has 0 spiro atoms. The molecule has 0 radical (unpaired) electrons.